The molecule has 7 nitrogen and oxygen atoms in total. The highest BCUT2D eigenvalue weighted by Crippen LogP contribution is 2.38. The smallest absolute Gasteiger partial charge is 0.269 e. The molecule has 0 unspecified atom stereocenters. The van der Waals surface area contributed by atoms with Crippen LogP contribution in [0.1, 0.15) is 29.6 Å². The predicted octanol–water partition coefficient (Wildman–Crippen LogP) is 1.83. The van der Waals surface area contributed by atoms with Gasteiger partial charge in [0.25, 0.3) is 5.91 Å². The Balaban J connectivity index is 2.01. The lowest BCUT2D eigenvalue weighted by atomic mass is 10.1. The zero-order chi connectivity index (χ0) is 17.5. The monoisotopic (exact) mass is 334 g/mol. The molecule has 0 spiro atoms. The first-order valence-electron chi connectivity index (χ1n) is 7.65. The molecule has 2 rings (SSSR count). The van der Waals surface area contributed by atoms with Gasteiger partial charge in [0, 0.05) is 12.0 Å². The van der Waals surface area contributed by atoms with Crippen LogP contribution in [-0.2, 0) is 4.79 Å². The van der Waals surface area contributed by atoms with Gasteiger partial charge >= 0.3 is 0 Å². The fourth-order valence-corrected chi connectivity index (χ4v) is 2.57. The number of carbonyl (C=O) groups excluding carboxylic acids is 2. The van der Waals surface area contributed by atoms with Gasteiger partial charge < -0.3 is 14.2 Å². The van der Waals surface area contributed by atoms with E-state index in [-0.39, 0.29) is 17.4 Å². The van der Waals surface area contributed by atoms with Crippen molar-refractivity contribution < 1.29 is 23.8 Å². The molecule has 0 bridgehead atoms. The third-order valence-corrected chi connectivity index (χ3v) is 3.80. The van der Waals surface area contributed by atoms with Gasteiger partial charge in [-0.3, -0.25) is 20.4 Å². The summed E-state index contributed by atoms with van der Waals surface area (Å²) >= 11 is 0. The predicted molar refractivity (Wildman–Crippen MR) is 88.2 cm³/mol. The van der Waals surface area contributed by atoms with Crippen molar-refractivity contribution in [2.24, 2.45) is 5.92 Å². The summed E-state index contributed by atoms with van der Waals surface area (Å²) in [5.41, 5.74) is 5.11. The van der Waals surface area contributed by atoms with E-state index in [1.54, 1.807) is 0 Å². The van der Waals surface area contributed by atoms with Crippen LogP contribution in [0.4, 0.5) is 0 Å². The Morgan fingerprint density at radius 2 is 1.75 bits per heavy atom. The third-order valence-electron chi connectivity index (χ3n) is 3.80. The molecular weight excluding hydrogens is 312 g/mol. The highest BCUT2D eigenvalue weighted by molar-refractivity contribution is 5.96. The summed E-state index contributed by atoms with van der Waals surface area (Å²) in [6.45, 7) is 0. The minimum absolute atomic E-state index is 0.229. The van der Waals surface area contributed by atoms with Gasteiger partial charge in [0.15, 0.2) is 11.5 Å². The molecule has 0 heterocycles. The fourth-order valence-electron chi connectivity index (χ4n) is 2.57. The SMILES string of the molecule is COc1cc(C(=O)NNC(=O)C[C@@H]2C=CCC2)cc(OC)c1OC. The van der Waals surface area contributed by atoms with Crippen molar-refractivity contribution in [3.63, 3.8) is 0 Å². The summed E-state index contributed by atoms with van der Waals surface area (Å²) in [6.07, 6.45) is 6.41. The third kappa shape index (κ3) is 4.18. The summed E-state index contributed by atoms with van der Waals surface area (Å²) in [5, 5.41) is 0. The number of nitrogens with one attached hydrogen (secondary N) is 2. The Morgan fingerprint density at radius 3 is 2.25 bits per heavy atom. The second-order valence-corrected chi connectivity index (χ2v) is 5.39. The van der Waals surface area contributed by atoms with E-state index in [0.29, 0.717) is 23.7 Å². The number of hydrogen-bond acceptors (Lipinski definition) is 5. The van der Waals surface area contributed by atoms with E-state index in [0.717, 1.165) is 12.8 Å². The molecule has 0 aliphatic heterocycles. The second kappa shape index (κ2) is 8.24. The van der Waals surface area contributed by atoms with E-state index >= 15 is 0 Å². The first-order valence-corrected chi connectivity index (χ1v) is 7.65. The van der Waals surface area contributed by atoms with Crippen LogP contribution in [0.25, 0.3) is 0 Å². The molecule has 1 atom stereocenters. The maximum Gasteiger partial charge on any atom is 0.269 e. The Morgan fingerprint density at radius 1 is 1.08 bits per heavy atom. The van der Waals surface area contributed by atoms with Crippen LogP contribution < -0.4 is 25.1 Å². The Labute approximate surface area is 140 Å². The average Bonchev–Trinajstić information content (AvgIpc) is 3.11. The number of rotatable bonds is 6. The summed E-state index contributed by atoms with van der Waals surface area (Å²) in [4.78, 5) is 24.1. The maximum atomic E-state index is 12.2. The lowest BCUT2D eigenvalue weighted by Crippen LogP contribution is -2.42. The van der Waals surface area contributed by atoms with Crippen molar-refractivity contribution in [2.45, 2.75) is 19.3 Å². The number of benzene rings is 1. The van der Waals surface area contributed by atoms with E-state index in [2.05, 4.69) is 16.9 Å². The molecule has 2 amide bonds. The van der Waals surface area contributed by atoms with E-state index in [9.17, 15) is 9.59 Å². The van der Waals surface area contributed by atoms with Crippen LogP contribution in [-0.4, -0.2) is 33.1 Å². The minimum atomic E-state index is -0.468. The second-order valence-electron chi connectivity index (χ2n) is 5.39. The van der Waals surface area contributed by atoms with Crippen LogP contribution in [0.2, 0.25) is 0 Å². The van der Waals surface area contributed by atoms with Crippen LogP contribution in [0.3, 0.4) is 0 Å². The first-order chi connectivity index (χ1) is 11.6. The standard InChI is InChI=1S/C17H22N2O5/c1-22-13-9-12(10-14(23-2)16(13)24-3)17(21)19-18-15(20)8-11-6-4-5-7-11/h4,6,9-11H,5,7-8H2,1-3H3,(H,18,20)(H,19,21)/t11-/m1/s1. The normalized spacial score (nSPS) is 15.7. The van der Waals surface area contributed by atoms with Crippen molar-refractivity contribution in [2.75, 3.05) is 21.3 Å². The van der Waals surface area contributed by atoms with Gasteiger partial charge in [-0.1, -0.05) is 12.2 Å². The number of hydrogen-bond donors (Lipinski definition) is 2. The zero-order valence-corrected chi connectivity index (χ0v) is 14.0. The number of methoxy groups -OCH3 is 3. The number of allylic oxidation sites excluding steroid dienone is 2. The molecule has 1 aromatic carbocycles. The topological polar surface area (TPSA) is 85.9 Å². The van der Waals surface area contributed by atoms with E-state index in [4.69, 9.17) is 14.2 Å². The summed E-state index contributed by atoms with van der Waals surface area (Å²) in [7, 11) is 4.42. The van der Waals surface area contributed by atoms with Gasteiger partial charge in [0.1, 0.15) is 0 Å². The summed E-state index contributed by atoms with van der Waals surface area (Å²) in [5.74, 6) is 0.669. The first kappa shape index (κ1) is 17.7. The van der Waals surface area contributed by atoms with Crippen molar-refractivity contribution >= 4 is 11.8 Å². The largest absolute Gasteiger partial charge is 0.493 e. The summed E-state index contributed by atoms with van der Waals surface area (Å²) < 4.78 is 15.6. The number of amides is 2. The Bertz CT molecular complexity index is 617. The van der Waals surface area contributed by atoms with Gasteiger partial charge in [-0.25, -0.2) is 0 Å². The molecule has 0 saturated carbocycles. The van der Waals surface area contributed by atoms with Gasteiger partial charge in [0.05, 0.1) is 21.3 Å². The fraction of sp³-hybridized carbons (Fsp3) is 0.412. The van der Waals surface area contributed by atoms with Crippen molar-refractivity contribution in [1.29, 1.82) is 0 Å². The molecule has 130 valence electrons. The molecule has 0 saturated heterocycles. The lowest BCUT2D eigenvalue weighted by molar-refractivity contribution is -0.122. The molecule has 0 radical (unpaired) electrons. The van der Waals surface area contributed by atoms with E-state index in [1.165, 1.54) is 33.5 Å². The molecule has 7 heteroatoms. The maximum absolute atomic E-state index is 12.2. The molecule has 0 fully saturated rings. The quantitative estimate of drug-likeness (QED) is 0.612. The van der Waals surface area contributed by atoms with E-state index < -0.39 is 5.91 Å². The minimum Gasteiger partial charge on any atom is -0.493 e. The highest BCUT2D eigenvalue weighted by Gasteiger charge is 2.18. The van der Waals surface area contributed by atoms with Gasteiger partial charge in [-0.2, -0.15) is 0 Å². The van der Waals surface area contributed by atoms with Crippen molar-refractivity contribution in [1.82, 2.24) is 10.9 Å². The lowest BCUT2D eigenvalue weighted by Gasteiger charge is -2.14. The molecule has 0 aromatic heterocycles. The zero-order valence-electron chi connectivity index (χ0n) is 14.0. The number of ether oxygens (including phenoxy) is 3. The molecule has 1 aliphatic carbocycles. The van der Waals surface area contributed by atoms with Crippen LogP contribution in [0.15, 0.2) is 24.3 Å². The summed E-state index contributed by atoms with van der Waals surface area (Å²) in [6, 6.07) is 3.03. The molecule has 1 aliphatic rings. The average molecular weight is 334 g/mol. The van der Waals surface area contributed by atoms with Gasteiger partial charge in [-0.05, 0) is 30.9 Å². The molecule has 2 N–H and O–H groups in total. The van der Waals surface area contributed by atoms with Gasteiger partial charge in [-0.15, -0.1) is 0 Å². The Kier molecular flexibility index (Phi) is 6.06. The molecular formula is C17H22N2O5. The number of carbonyl (C=O) groups is 2. The number of hydrazine groups is 1. The molecule has 24 heavy (non-hydrogen) atoms. The van der Waals surface area contributed by atoms with Crippen LogP contribution >= 0.6 is 0 Å². The van der Waals surface area contributed by atoms with Crippen molar-refractivity contribution in [3.8, 4) is 17.2 Å². The van der Waals surface area contributed by atoms with Crippen LogP contribution in [0, 0.1) is 5.92 Å². The van der Waals surface area contributed by atoms with Gasteiger partial charge in [0.2, 0.25) is 11.7 Å². The molecule has 1 aromatic rings. The van der Waals surface area contributed by atoms with Crippen LogP contribution in [0.5, 0.6) is 17.2 Å². The van der Waals surface area contributed by atoms with E-state index in [1.807, 2.05) is 6.08 Å². The Hall–Kier alpha value is -2.70. The van der Waals surface area contributed by atoms with Crippen molar-refractivity contribution in [3.05, 3.63) is 29.8 Å². The highest BCUT2D eigenvalue weighted by atomic mass is 16.5.